The summed E-state index contributed by atoms with van der Waals surface area (Å²) in [7, 11) is 0. The molecule has 1 aromatic heterocycles. The second-order valence-corrected chi connectivity index (χ2v) is 17.7. The number of H-pyrrole nitrogens is 1. The predicted molar refractivity (Wildman–Crippen MR) is 248 cm³/mol. The molecule has 2 aliphatic rings. The third kappa shape index (κ3) is 9.08. The van der Waals surface area contributed by atoms with Gasteiger partial charge >= 0.3 is 120 Å². The summed E-state index contributed by atoms with van der Waals surface area (Å²) in [5.74, 6) is 0. The van der Waals surface area contributed by atoms with Gasteiger partial charge in [-0.1, -0.05) is 66.2 Å². The van der Waals surface area contributed by atoms with Crippen LogP contribution in [0.2, 0.25) is 0 Å². The molecule has 0 unspecified atom stereocenters. The molecule has 9 heteroatoms. The normalized spacial score (nSPS) is 16.3. The molecule has 7 rings (SSSR count). The molecule has 4 nitrogen and oxygen atoms in total. The molecule has 5 aromatic rings. The zero-order chi connectivity index (χ0) is 36.2. The van der Waals surface area contributed by atoms with E-state index >= 15 is 0 Å². The molecule has 0 radical (unpaired) electrons. The number of aromatic nitrogens is 1. The number of allylic oxidation sites excluding steroid dienone is 6. The van der Waals surface area contributed by atoms with Crippen molar-refractivity contribution >= 4 is 135 Å². The molecule has 0 amide bonds. The van der Waals surface area contributed by atoms with Crippen LogP contribution in [0, 0.1) is 20.4 Å². The first-order valence-corrected chi connectivity index (χ1v) is 22.2. The maximum atomic E-state index is 10.1. The Balaban J connectivity index is 1.42. The van der Waals surface area contributed by atoms with Crippen LogP contribution < -0.4 is 0 Å². The van der Waals surface area contributed by atoms with Crippen molar-refractivity contribution in [3.63, 3.8) is 0 Å². The SMILES string of the molecule is [NH-]/C(C(=[C-]c1ccc(I)cc1)c1ccc(I)cc1)=C(\C1=NC(=Cc2ccc(C=C3C=CC([CH]=[Zn])=N3)[nH]2)C=C1c1ccc(I)cc1)c1ccc(I)cc1. The Hall–Kier alpha value is -2.85. The molecule has 3 heterocycles. The van der Waals surface area contributed by atoms with E-state index in [-0.39, 0.29) is 0 Å². The zero-order valence-electron chi connectivity index (χ0n) is 27.5. The van der Waals surface area contributed by atoms with Gasteiger partial charge in [-0.2, -0.15) is 5.70 Å². The minimum Gasteiger partial charge on any atom is -0.0540 e. The molecule has 0 fully saturated rings. The van der Waals surface area contributed by atoms with Gasteiger partial charge < -0.3 is 5.73 Å². The van der Waals surface area contributed by atoms with Crippen molar-refractivity contribution in [3.8, 4) is 0 Å². The number of nitrogens with zero attached hydrogens (tertiary/aromatic N) is 2. The first kappa shape index (κ1) is 37.5. The second-order valence-electron chi connectivity index (χ2n) is 11.9. The first-order chi connectivity index (χ1) is 25.2. The number of aromatic amines is 1. The van der Waals surface area contributed by atoms with E-state index in [0.29, 0.717) is 11.3 Å². The zero-order valence-corrected chi connectivity index (χ0v) is 39.1. The molecule has 250 valence electrons. The van der Waals surface area contributed by atoms with Crippen molar-refractivity contribution < 1.29 is 17.9 Å². The van der Waals surface area contributed by atoms with Gasteiger partial charge in [-0.3, -0.25) is 0 Å². The Kier molecular flexibility index (Phi) is 12.3. The number of rotatable bonds is 9. The van der Waals surface area contributed by atoms with Crippen molar-refractivity contribution in [2.24, 2.45) is 9.98 Å². The molecule has 2 N–H and O–H groups in total. The number of benzene rings is 4. The topological polar surface area (TPSA) is 64.3 Å². The fourth-order valence-corrected chi connectivity index (χ4v) is 7.69. The summed E-state index contributed by atoms with van der Waals surface area (Å²) in [4.78, 5) is 13.5. The first-order valence-electron chi connectivity index (χ1n) is 16.2. The molecule has 0 saturated heterocycles. The maximum absolute atomic E-state index is 10.1. The van der Waals surface area contributed by atoms with E-state index < -0.39 is 0 Å². The Morgan fingerprint density at radius 2 is 1.17 bits per heavy atom. The van der Waals surface area contributed by atoms with Crippen LogP contribution in [-0.4, -0.2) is 21.0 Å². The molecule has 4 aromatic carbocycles. The predicted octanol–water partition coefficient (Wildman–Crippen LogP) is 12.4. The van der Waals surface area contributed by atoms with Gasteiger partial charge in [0.05, 0.1) is 0 Å². The summed E-state index contributed by atoms with van der Waals surface area (Å²) in [6.45, 7) is 0. The van der Waals surface area contributed by atoms with Crippen molar-refractivity contribution in [3.05, 3.63) is 204 Å². The summed E-state index contributed by atoms with van der Waals surface area (Å²) < 4.78 is 6.67. The van der Waals surface area contributed by atoms with Crippen molar-refractivity contribution in [2.45, 2.75) is 0 Å². The van der Waals surface area contributed by atoms with Crippen LogP contribution in [0.3, 0.4) is 0 Å². The fourth-order valence-electron chi connectivity index (χ4n) is 5.77. The smallest absolute Gasteiger partial charge is 0.0540 e. The van der Waals surface area contributed by atoms with E-state index in [0.717, 1.165) is 99.7 Å². The summed E-state index contributed by atoms with van der Waals surface area (Å²) in [5, 5.41) is 0. The minimum absolute atomic E-state index is 0.349. The van der Waals surface area contributed by atoms with Gasteiger partial charge in [-0.25, -0.2) is 0 Å². The molecule has 0 spiro atoms. The van der Waals surface area contributed by atoms with E-state index in [2.05, 4.69) is 238 Å². The summed E-state index contributed by atoms with van der Waals surface area (Å²) in [6.07, 6.45) is 14.0. The molecule has 52 heavy (non-hydrogen) atoms. The number of halogens is 4. The summed E-state index contributed by atoms with van der Waals surface area (Å²) in [6, 6.07) is 37.5. The third-order valence-corrected chi connectivity index (χ3v) is 12.0. The Morgan fingerprint density at radius 3 is 1.75 bits per heavy atom. The molecular weight excluding hydrogens is 1150 g/mol. The van der Waals surface area contributed by atoms with Gasteiger partial charge in [0.15, 0.2) is 0 Å². The Morgan fingerprint density at radius 1 is 0.635 bits per heavy atom. The van der Waals surface area contributed by atoms with Gasteiger partial charge in [0.1, 0.15) is 0 Å². The van der Waals surface area contributed by atoms with Crippen LogP contribution >= 0.6 is 90.4 Å². The monoisotopic (exact) mass is 1170 g/mol. The van der Waals surface area contributed by atoms with E-state index in [1.807, 2.05) is 12.2 Å². The molecule has 2 aliphatic heterocycles. The molecule has 0 aliphatic carbocycles. The minimum atomic E-state index is 0.349. The van der Waals surface area contributed by atoms with E-state index in [1.165, 1.54) is 0 Å². The van der Waals surface area contributed by atoms with Gasteiger partial charge in [0.25, 0.3) is 0 Å². The number of hydrogen-bond acceptors (Lipinski definition) is 2. The van der Waals surface area contributed by atoms with Crippen molar-refractivity contribution in [1.82, 2.24) is 4.98 Å². The Bertz CT molecular complexity index is 2420. The van der Waals surface area contributed by atoms with Gasteiger partial charge in [-0.15, -0.1) is 29.3 Å². The average Bonchev–Trinajstić information content (AvgIpc) is 3.90. The summed E-state index contributed by atoms with van der Waals surface area (Å²) in [5.41, 5.74) is 22.0. The van der Waals surface area contributed by atoms with Crippen LogP contribution in [0.4, 0.5) is 0 Å². The quantitative estimate of drug-likeness (QED) is 0.0503. The van der Waals surface area contributed by atoms with Crippen LogP contribution in [0.1, 0.15) is 33.6 Å². The standard InChI is InChI=1S/C43H26I4N4.Zn/c1-26-2-19-35(49-26)23-36-20-21-37(50-36)24-38-25-40(29-7-15-33(46)16-8-29)43(51-38)41(30-9-17-34(47)18-10-30)42(48)39(28-5-13-32(45)14-6-28)22-27-3-11-31(44)12-4-27;/h1-21,23-25,48,50H;/q-2;/b35-23?,38-24?,42-41-;. The van der Waals surface area contributed by atoms with Crippen molar-refractivity contribution in [1.29, 1.82) is 0 Å². The molecule has 0 atom stereocenters. The average molecular weight is 1170 g/mol. The van der Waals surface area contributed by atoms with Crippen molar-refractivity contribution in [2.75, 3.05) is 0 Å². The molecule has 0 saturated carbocycles. The second kappa shape index (κ2) is 17.1. The fraction of sp³-hybridized carbons (Fsp3) is 0. The number of aliphatic imine (C=N–C) groups is 2. The van der Waals surface area contributed by atoms with Crippen LogP contribution in [0.25, 0.3) is 34.6 Å². The molecular formula is C43H26I4N4Zn-2. The number of hydrogen-bond donors (Lipinski definition) is 1. The third-order valence-electron chi connectivity index (χ3n) is 8.29. The van der Waals surface area contributed by atoms with Crippen LogP contribution in [0.5, 0.6) is 0 Å². The Labute approximate surface area is 367 Å². The van der Waals surface area contributed by atoms with Gasteiger partial charge in [0.2, 0.25) is 0 Å². The van der Waals surface area contributed by atoms with E-state index in [4.69, 9.17) is 4.99 Å². The van der Waals surface area contributed by atoms with E-state index in [9.17, 15) is 5.73 Å². The van der Waals surface area contributed by atoms with Gasteiger partial charge in [-0.05, 0) is 135 Å². The molecule has 0 bridgehead atoms. The van der Waals surface area contributed by atoms with Gasteiger partial charge in [0, 0.05) is 10.7 Å². The summed E-state index contributed by atoms with van der Waals surface area (Å²) >= 11 is 10.4. The number of nitrogens with one attached hydrogen (secondary N) is 2. The van der Waals surface area contributed by atoms with Crippen LogP contribution in [0.15, 0.2) is 154 Å². The van der Waals surface area contributed by atoms with Crippen LogP contribution in [-0.2, 0) is 17.9 Å². The van der Waals surface area contributed by atoms with E-state index in [1.54, 1.807) is 0 Å².